The molecule has 4 nitrogen and oxygen atoms in total. The summed E-state index contributed by atoms with van der Waals surface area (Å²) < 4.78 is 6.12. The Morgan fingerprint density at radius 3 is 2.54 bits per heavy atom. The van der Waals surface area contributed by atoms with Crippen LogP contribution in [0.25, 0.3) is 11.3 Å². The maximum absolute atomic E-state index is 6.12. The zero-order valence-electron chi connectivity index (χ0n) is 16.5. The molecule has 140 valence electrons. The van der Waals surface area contributed by atoms with Gasteiger partial charge in [0, 0.05) is 31.7 Å². The zero-order valence-corrected chi connectivity index (χ0v) is 16.5. The first-order chi connectivity index (χ1) is 12.5. The van der Waals surface area contributed by atoms with Gasteiger partial charge in [0.1, 0.15) is 11.6 Å². The fourth-order valence-electron chi connectivity index (χ4n) is 3.21. The number of rotatable bonds is 6. The fraction of sp³-hybridized carbons (Fsp3) is 0.500. The van der Waals surface area contributed by atoms with Crippen LogP contribution in [0.5, 0.6) is 5.75 Å². The van der Waals surface area contributed by atoms with Crippen molar-refractivity contribution in [3.63, 3.8) is 0 Å². The molecule has 0 saturated carbocycles. The monoisotopic (exact) mass is 353 g/mol. The molecule has 0 aliphatic carbocycles. The molecule has 2 heterocycles. The molecular weight excluding hydrogens is 322 g/mol. The molecule has 1 fully saturated rings. The van der Waals surface area contributed by atoms with Crippen molar-refractivity contribution in [2.75, 3.05) is 37.7 Å². The van der Waals surface area contributed by atoms with Gasteiger partial charge in [0.25, 0.3) is 0 Å². The van der Waals surface area contributed by atoms with Crippen LogP contribution in [0.3, 0.4) is 0 Å². The molecule has 3 rings (SSSR count). The Kier molecular flexibility index (Phi) is 6.15. The summed E-state index contributed by atoms with van der Waals surface area (Å²) in [6.45, 7) is 13.6. The van der Waals surface area contributed by atoms with Gasteiger partial charge >= 0.3 is 0 Å². The van der Waals surface area contributed by atoms with Crippen molar-refractivity contribution in [1.29, 1.82) is 0 Å². The Hall–Kier alpha value is -2.07. The quantitative estimate of drug-likeness (QED) is 0.839. The standard InChI is InChI=1S/C22H31N3O/c1-16(2)15-26-21-14-18(8-9-19(21)17(3)4)20-6-5-7-22(24-20)25-12-10-23-11-13-25/h5-9,14,16-17,23H,10-13,15H2,1-4H3. The largest absolute Gasteiger partial charge is 0.493 e. The van der Waals surface area contributed by atoms with E-state index in [0.717, 1.165) is 55.6 Å². The highest BCUT2D eigenvalue weighted by atomic mass is 16.5. The van der Waals surface area contributed by atoms with E-state index in [4.69, 9.17) is 9.72 Å². The SMILES string of the molecule is CC(C)COc1cc(-c2cccc(N3CCNCC3)n2)ccc1C(C)C. The van der Waals surface area contributed by atoms with Crippen molar-refractivity contribution < 1.29 is 4.74 Å². The molecule has 1 aliphatic rings. The Bertz CT molecular complexity index is 721. The van der Waals surface area contributed by atoms with Gasteiger partial charge in [-0.05, 0) is 35.6 Å². The lowest BCUT2D eigenvalue weighted by atomic mass is 9.99. The summed E-state index contributed by atoms with van der Waals surface area (Å²) in [5.41, 5.74) is 3.38. The second-order valence-electron chi connectivity index (χ2n) is 7.73. The van der Waals surface area contributed by atoms with E-state index in [1.807, 2.05) is 0 Å². The summed E-state index contributed by atoms with van der Waals surface area (Å²) in [6, 6.07) is 12.8. The third-order valence-corrected chi connectivity index (χ3v) is 4.68. The minimum atomic E-state index is 0.436. The number of nitrogens with zero attached hydrogens (tertiary/aromatic N) is 2. The predicted octanol–water partition coefficient (Wildman–Crippen LogP) is 4.32. The first-order valence-electron chi connectivity index (χ1n) is 9.74. The highest BCUT2D eigenvalue weighted by Gasteiger charge is 2.14. The number of anilines is 1. The van der Waals surface area contributed by atoms with Crippen LogP contribution in [0.15, 0.2) is 36.4 Å². The van der Waals surface area contributed by atoms with Gasteiger partial charge in [-0.15, -0.1) is 0 Å². The first kappa shape index (κ1) is 18.7. The number of nitrogens with one attached hydrogen (secondary N) is 1. The maximum atomic E-state index is 6.12. The molecule has 0 atom stereocenters. The van der Waals surface area contributed by atoms with E-state index < -0.39 is 0 Å². The lowest BCUT2D eigenvalue weighted by Gasteiger charge is -2.28. The number of hydrogen-bond donors (Lipinski definition) is 1. The molecule has 0 spiro atoms. The lowest BCUT2D eigenvalue weighted by Crippen LogP contribution is -2.43. The van der Waals surface area contributed by atoms with Gasteiger partial charge in [-0.2, -0.15) is 0 Å². The van der Waals surface area contributed by atoms with Crippen LogP contribution < -0.4 is 15.0 Å². The number of aromatic nitrogens is 1. The molecular formula is C22H31N3O. The molecule has 4 heteroatoms. The molecule has 1 aliphatic heterocycles. The van der Waals surface area contributed by atoms with Crippen LogP contribution in [-0.2, 0) is 0 Å². The molecule has 2 aromatic rings. The smallest absolute Gasteiger partial charge is 0.129 e. The summed E-state index contributed by atoms with van der Waals surface area (Å²) in [7, 11) is 0. The van der Waals surface area contributed by atoms with E-state index in [-0.39, 0.29) is 0 Å². The van der Waals surface area contributed by atoms with Crippen LogP contribution >= 0.6 is 0 Å². The summed E-state index contributed by atoms with van der Waals surface area (Å²) in [5.74, 6) is 2.99. The van der Waals surface area contributed by atoms with E-state index in [2.05, 4.69) is 74.3 Å². The highest BCUT2D eigenvalue weighted by Crippen LogP contribution is 2.32. The Morgan fingerprint density at radius 2 is 1.85 bits per heavy atom. The van der Waals surface area contributed by atoms with E-state index in [1.54, 1.807) is 0 Å². The predicted molar refractivity (Wildman–Crippen MR) is 109 cm³/mol. The number of hydrogen-bond acceptors (Lipinski definition) is 4. The van der Waals surface area contributed by atoms with Gasteiger partial charge in [0.05, 0.1) is 12.3 Å². The third kappa shape index (κ3) is 4.55. The van der Waals surface area contributed by atoms with Gasteiger partial charge in [-0.3, -0.25) is 0 Å². The van der Waals surface area contributed by atoms with Crippen LogP contribution in [0, 0.1) is 5.92 Å². The van der Waals surface area contributed by atoms with Crippen molar-refractivity contribution in [2.24, 2.45) is 5.92 Å². The second-order valence-corrected chi connectivity index (χ2v) is 7.73. The van der Waals surface area contributed by atoms with Crippen molar-refractivity contribution in [1.82, 2.24) is 10.3 Å². The highest BCUT2D eigenvalue weighted by molar-refractivity contribution is 5.65. The number of benzene rings is 1. The summed E-state index contributed by atoms with van der Waals surface area (Å²) >= 11 is 0. The zero-order chi connectivity index (χ0) is 18.5. The molecule has 0 bridgehead atoms. The topological polar surface area (TPSA) is 37.4 Å². The van der Waals surface area contributed by atoms with E-state index in [1.165, 1.54) is 5.56 Å². The van der Waals surface area contributed by atoms with Gasteiger partial charge in [0.15, 0.2) is 0 Å². The molecule has 1 aromatic heterocycles. The van der Waals surface area contributed by atoms with Crippen molar-refractivity contribution in [3.05, 3.63) is 42.0 Å². The van der Waals surface area contributed by atoms with Crippen LogP contribution in [0.4, 0.5) is 5.82 Å². The Labute approximate surface area is 157 Å². The van der Waals surface area contributed by atoms with Crippen molar-refractivity contribution in [2.45, 2.75) is 33.6 Å². The van der Waals surface area contributed by atoms with Gasteiger partial charge in [-0.1, -0.05) is 45.9 Å². The number of piperazine rings is 1. The van der Waals surface area contributed by atoms with E-state index in [0.29, 0.717) is 11.8 Å². The first-order valence-corrected chi connectivity index (χ1v) is 9.74. The third-order valence-electron chi connectivity index (χ3n) is 4.68. The van der Waals surface area contributed by atoms with Gasteiger partial charge < -0.3 is 15.0 Å². The van der Waals surface area contributed by atoms with E-state index >= 15 is 0 Å². The molecule has 1 aromatic carbocycles. The lowest BCUT2D eigenvalue weighted by molar-refractivity contribution is 0.268. The minimum Gasteiger partial charge on any atom is -0.493 e. The second kappa shape index (κ2) is 8.54. The molecule has 0 amide bonds. The summed E-state index contributed by atoms with van der Waals surface area (Å²) in [5, 5.41) is 3.39. The molecule has 1 saturated heterocycles. The van der Waals surface area contributed by atoms with Gasteiger partial charge in [0.2, 0.25) is 0 Å². The summed E-state index contributed by atoms with van der Waals surface area (Å²) in [4.78, 5) is 7.27. The molecule has 0 unspecified atom stereocenters. The maximum Gasteiger partial charge on any atom is 0.129 e. The summed E-state index contributed by atoms with van der Waals surface area (Å²) in [6.07, 6.45) is 0. The number of ether oxygens (including phenoxy) is 1. The van der Waals surface area contributed by atoms with Crippen LogP contribution in [0.2, 0.25) is 0 Å². The Balaban J connectivity index is 1.89. The van der Waals surface area contributed by atoms with E-state index in [9.17, 15) is 0 Å². The average molecular weight is 354 g/mol. The van der Waals surface area contributed by atoms with Crippen LogP contribution in [-0.4, -0.2) is 37.8 Å². The molecule has 26 heavy (non-hydrogen) atoms. The Morgan fingerprint density at radius 1 is 1.08 bits per heavy atom. The molecule has 1 N–H and O–H groups in total. The van der Waals surface area contributed by atoms with Crippen molar-refractivity contribution in [3.8, 4) is 17.0 Å². The van der Waals surface area contributed by atoms with Crippen LogP contribution in [0.1, 0.15) is 39.2 Å². The average Bonchev–Trinajstić information content (AvgIpc) is 2.67. The number of pyridine rings is 1. The minimum absolute atomic E-state index is 0.436. The normalized spacial score (nSPS) is 14.9. The fourth-order valence-corrected chi connectivity index (χ4v) is 3.21. The van der Waals surface area contributed by atoms with Gasteiger partial charge in [-0.25, -0.2) is 4.98 Å². The van der Waals surface area contributed by atoms with Crippen molar-refractivity contribution >= 4 is 5.82 Å². The molecule has 0 radical (unpaired) electrons.